The van der Waals surface area contributed by atoms with Crippen LogP contribution in [0.15, 0.2) is 18.2 Å². The molecule has 0 bridgehead atoms. The number of rotatable bonds is 5. The number of benzene rings is 1. The van der Waals surface area contributed by atoms with Crippen molar-refractivity contribution in [3.05, 3.63) is 23.8 Å². The summed E-state index contributed by atoms with van der Waals surface area (Å²) in [6.07, 6.45) is 0.974. The van der Waals surface area contributed by atoms with E-state index in [1.54, 1.807) is 6.92 Å². The topological polar surface area (TPSA) is 64.3 Å². The molecule has 3 N–H and O–H groups in total. The SMILES string of the molecule is CCCOc1ccc(NC(=O)C(C)N)c(C)c1.Cl. The molecule has 0 aromatic heterocycles. The fourth-order valence-electron chi connectivity index (χ4n) is 1.33. The second kappa shape index (κ2) is 7.95. The van der Waals surface area contributed by atoms with E-state index in [0.29, 0.717) is 6.61 Å². The molecule has 0 saturated heterocycles. The first-order chi connectivity index (χ1) is 8.04. The van der Waals surface area contributed by atoms with Gasteiger partial charge < -0.3 is 15.8 Å². The molecule has 1 amide bonds. The number of ether oxygens (including phenoxy) is 1. The highest BCUT2D eigenvalue weighted by Crippen LogP contribution is 2.21. The minimum atomic E-state index is -0.509. The van der Waals surface area contributed by atoms with Crippen LogP contribution in [0, 0.1) is 6.92 Å². The number of anilines is 1. The summed E-state index contributed by atoms with van der Waals surface area (Å²) in [6.45, 7) is 6.34. The van der Waals surface area contributed by atoms with E-state index in [0.717, 1.165) is 23.4 Å². The average molecular weight is 273 g/mol. The van der Waals surface area contributed by atoms with E-state index in [2.05, 4.69) is 12.2 Å². The van der Waals surface area contributed by atoms with Gasteiger partial charge in [0.15, 0.2) is 0 Å². The molecular weight excluding hydrogens is 252 g/mol. The van der Waals surface area contributed by atoms with Crippen molar-refractivity contribution in [3.8, 4) is 5.75 Å². The van der Waals surface area contributed by atoms with E-state index in [1.165, 1.54) is 0 Å². The molecule has 4 nitrogen and oxygen atoms in total. The van der Waals surface area contributed by atoms with Gasteiger partial charge in [-0.25, -0.2) is 0 Å². The van der Waals surface area contributed by atoms with Crippen molar-refractivity contribution >= 4 is 24.0 Å². The smallest absolute Gasteiger partial charge is 0.241 e. The lowest BCUT2D eigenvalue weighted by Crippen LogP contribution is -2.32. The molecule has 0 fully saturated rings. The molecule has 102 valence electrons. The van der Waals surface area contributed by atoms with Gasteiger partial charge in [0.1, 0.15) is 5.75 Å². The average Bonchev–Trinajstić information content (AvgIpc) is 2.29. The van der Waals surface area contributed by atoms with Crippen LogP contribution in [-0.4, -0.2) is 18.6 Å². The summed E-state index contributed by atoms with van der Waals surface area (Å²) in [5.41, 5.74) is 7.23. The summed E-state index contributed by atoms with van der Waals surface area (Å²) in [5.74, 6) is 0.637. The molecular formula is C13H21ClN2O2. The van der Waals surface area contributed by atoms with E-state index >= 15 is 0 Å². The zero-order valence-electron chi connectivity index (χ0n) is 11.0. The molecule has 0 aliphatic rings. The van der Waals surface area contributed by atoms with Crippen LogP contribution in [0.3, 0.4) is 0 Å². The number of nitrogens with one attached hydrogen (secondary N) is 1. The minimum Gasteiger partial charge on any atom is -0.494 e. The summed E-state index contributed by atoms with van der Waals surface area (Å²) < 4.78 is 5.51. The first-order valence-electron chi connectivity index (χ1n) is 5.84. The molecule has 0 saturated carbocycles. The zero-order chi connectivity index (χ0) is 12.8. The van der Waals surface area contributed by atoms with Crippen molar-refractivity contribution < 1.29 is 9.53 Å². The fraction of sp³-hybridized carbons (Fsp3) is 0.462. The Morgan fingerprint density at radius 1 is 1.50 bits per heavy atom. The highest BCUT2D eigenvalue weighted by atomic mass is 35.5. The number of carbonyl (C=O) groups is 1. The molecule has 1 unspecified atom stereocenters. The third kappa shape index (κ3) is 4.94. The first-order valence-corrected chi connectivity index (χ1v) is 5.84. The summed E-state index contributed by atoms with van der Waals surface area (Å²) >= 11 is 0. The van der Waals surface area contributed by atoms with Gasteiger partial charge in [-0.15, -0.1) is 12.4 Å². The Morgan fingerprint density at radius 2 is 2.17 bits per heavy atom. The number of carbonyl (C=O) groups excluding carboxylic acids is 1. The molecule has 1 atom stereocenters. The molecule has 0 heterocycles. The summed E-state index contributed by atoms with van der Waals surface area (Å²) in [5, 5.41) is 2.77. The van der Waals surface area contributed by atoms with Crippen molar-refractivity contribution in [2.75, 3.05) is 11.9 Å². The number of nitrogens with two attached hydrogens (primary N) is 1. The molecule has 0 aliphatic carbocycles. The number of hydrogen-bond donors (Lipinski definition) is 2. The predicted molar refractivity (Wildman–Crippen MR) is 76.5 cm³/mol. The van der Waals surface area contributed by atoms with Gasteiger partial charge in [0.25, 0.3) is 0 Å². The monoisotopic (exact) mass is 272 g/mol. The summed E-state index contributed by atoms with van der Waals surface area (Å²) in [7, 11) is 0. The second-order valence-corrected chi connectivity index (χ2v) is 4.10. The van der Waals surface area contributed by atoms with E-state index in [4.69, 9.17) is 10.5 Å². The molecule has 18 heavy (non-hydrogen) atoms. The first kappa shape index (κ1) is 16.7. The predicted octanol–water partition coefficient (Wildman–Crippen LogP) is 2.49. The van der Waals surface area contributed by atoms with E-state index in [9.17, 15) is 4.79 Å². The van der Waals surface area contributed by atoms with Gasteiger partial charge in [-0.2, -0.15) is 0 Å². The van der Waals surface area contributed by atoms with Crippen LogP contribution in [0.2, 0.25) is 0 Å². The van der Waals surface area contributed by atoms with Crippen molar-refractivity contribution in [1.29, 1.82) is 0 Å². The molecule has 0 radical (unpaired) electrons. The van der Waals surface area contributed by atoms with E-state index < -0.39 is 6.04 Å². The van der Waals surface area contributed by atoms with Crippen molar-refractivity contribution in [3.63, 3.8) is 0 Å². The lowest BCUT2D eigenvalue weighted by atomic mass is 10.2. The summed E-state index contributed by atoms with van der Waals surface area (Å²) in [4.78, 5) is 11.5. The van der Waals surface area contributed by atoms with Crippen LogP contribution >= 0.6 is 12.4 Å². The Balaban J connectivity index is 0.00000289. The normalized spacial score (nSPS) is 11.3. The third-order valence-corrected chi connectivity index (χ3v) is 2.34. The maximum atomic E-state index is 11.5. The maximum Gasteiger partial charge on any atom is 0.241 e. The molecule has 0 spiro atoms. The Hall–Kier alpha value is -1.26. The van der Waals surface area contributed by atoms with Gasteiger partial charge in [-0.1, -0.05) is 6.92 Å². The zero-order valence-corrected chi connectivity index (χ0v) is 11.8. The fourth-order valence-corrected chi connectivity index (χ4v) is 1.33. The largest absolute Gasteiger partial charge is 0.494 e. The quantitative estimate of drug-likeness (QED) is 0.866. The Bertz CT molecular complexity index is 395. The van der Waals surface area contributed by atoms with Crippen molar-refractivity contribution in [2.24, 2.45) is 5.73 Å². The highest BCUT2D eigenvalue weighted by Gasteiger charge is 2.09. The van der Waals surface area contributed by atoms with Crippen LogP contribution in [0.25, 0.3) is 0 Å². The van der Waals surface area contributed by atoms with Crippen LogP contribution < -0.4 is 15.8 Å². The lowest BCUT2D eigenvalue weighted by molar-refractivity contribution is -0.117. The lowest BCUT2D eigenvalue weighted by Gasteiger charge is -2.12. The standard InChI is InChI=1S/C13H20N2O2.ClH/c1-4-7-17-11-5-6-12(9(2)8-11)15-13(16)10(3)14;/h5-6,8,10H,4,7,14H2,1-3H3,(H,15,16);1H. The molecule has 1 aromatic carbocycles. The molecule has 1 aromatic rings. The Morgan fingerprint density at radius 3 is 2.67 bits per heavy atom. The molecule has 1 rings (SSSR count). The Kier molecular flexibility index (Phi) is 7.39. The van der Waals surface area contributed by atoms with Crippen LogP contribution in [0.5, 0.6) is 5.75 Å². The second-order valence-electron chi connectivity index (χ2n) is 4.10. The number of aryl methyl sites for hydroxylation is 1. The van der Waals surface area contributed by atoms with Gasteiger partial charge in [-0.05, 0) is 44.0 Å². The van der Waals surface area contributed by atoms with Gasteiger partial charge in [0, 0.05) is 5.69 Å². The highest BCUT2D eigenvalue weighted by molar-refractivity contribution is 5.95. The van der Waals surface area contributed by atoms with Gasteiger partial charge in [0.2, 0.25) is 5.91 Å². The number of amides is 1. The van der Waals surface area contributed by atoms with Crippen LogP contribution in [0.4, 0.5) is 5.69 Å². The number of hydrogen-bond acceptors (Lipinski definition) is 3. The minimum absolute atomic E-state index is 0. The van der Waals surface area contributed by atoms with Gasteiger partial charge in [0.05, 0.1) is 12.6 Å². The maximum absolute atomic E-state index is 11.5. The third-order valence-electron chi connectivity index (χ3n) is 2.34. The van der Waals surface area contributed by atoms with E-state index in [1.807, 2.05) is 25.1 Å². The summed E-state index contributed by atoms with van der Waals surface area (Å²) in [6, 6.07) is 5.08. The van der Waals surface area contributed by atoms with Crippen LogP contribution in [-0.2, 0) is 4.79 Å². The number of halogens is 1. The van der Waals surface area contributed by atoms with Crippen molar-refractivity contribution in [1.82, 2.24) is 0 Å². The van der Waals surface area contributed by atoms with Gasteiger partial charge in [-0.3, -0.25) is 4.79 Å². The Labute approximate surface area is 114 Å². The van der Waals surface area contributed by atoms with Crippen molar-refractivity contribution in [2.45, 2.75) is 33.2 Å². The van der Waals surface area contributed by atoms with E-state index in [-0.39, 0.29) is 18.3 Å². The van der Waals surface area contributed by atoms with Gasteiger partial charge >= 0.3 is 0 Å². The van der Waals surface area contributed by atoms with Crippen LogP contribution in [0.1, 0.15) is 25.8 Å². The molecule has 0 aliphatic heterocycles. The molecule has 5 heteroatoms.